The van der Waals surface area contributed by atoms with Crippen LogP contribution >= 0.6 is 0 Å². The standard InChI is InChI=1S/C11H15NO/c1-3-11(2)7-8-4-5-9(13)6-10(8)12-11/h4-6,12-13H,3,7H2,1-2H3. The Bertz CT molecular complexity index is 335. The van der Waals surface area contributed by atoms with Crippen LogP contribution in [0.2, 0.25) is 0 Å². The Balaban J connectivity index is 2.35. The van der Waals surface area contributed by atoms with Crippen molar-refractivity contribution < 1.29 is 5.11 Å². The molecule has 0 amide bonds. The number of phenolic OH excluding ortho intramolecular Hbond substituents is 1. The SMILES string of the molecule is CCC1(C)Cc2ccc(O)cc2N1. The summed E-state index contributed by atoms with van der Waals surface area (Å²) >= 11 is 0. The molecule has 1 aromatic rings. The third-order valence-corrected chi connectivity index (χ3v) is 2.89. The van der Waals surface area contributed by atoms with Gasteiger partial charge in [-0.05, 0) is 31.4 Å². The smallest absolute Gasteiger partial charge is 0.117 e. The number of hydrogen-bond acceptors (Lipinski definition) is 2. The number of fused-ring (bicyclic) bond motifs is 1. The van der Waals surface area contributed by atoms with Crippen LogP contribution in [0.25, 0.3) is 0 Å². The van der Waals surface area contributed by atoms with E-state index in [-0.39, 0.29) is 5.54 Å². The highest BCUT2D eigenvalue weighted by Crippen LogP contribution is 2.35. The van der Waals surface area contributed by atoms with E-state index in [2.05, 4.69) is 19.2 Å². The molecule has 1 aromatic carbocycles. The van der Waals surface area contributed by atoms with Crippen molar-refractivity contribution in [3.8, 4) is 5.75 Å². The minimum Gasteiger partial charge on any atom is -0.508 e. The zero-order valence-electron chi connectivity index (χ0n) is 8.09. The van der Waals surface area contributed by atoms with Crippen LogP contribution in [0.5, 0.6) is 5.75 Å². The first-order valence-corrected chi connectivity index (χ1v) is 4.73. The second-order valence-corrected chi connectivity index (χ2v) is 4.06. The van der Waals surface area contributed by atoms with Crippen LogP contribution in [0, 0.1) is 0 Å². The summed E-state index contributed by atoms with van der Waals surface area (Å²) in [6.45, 7) is 4.39. The molecule has 1 heterocycles. The number of phenols is 1. The lowest BCUT2D eigenvalue weighted by Gasteiger charge is -2.22. The van der Waals surface area contributed by atoms with Crippen molar-refractivity contribution in [3.63, 3.8) is 0 Å². The van der Waals surface area contributed by atoms with Crippen LogP contribution in [0.15, 0.2) is 18.2 Å². The van der Waals surface area contributed by atoms with Gasteiger partial charge in [0.05, 0.1) is 0 Å². The second-order valence-electron chi connectivity index (χ2n) is 4.06. The number of anilines is 1. The third-order valence-electron chi connectivity index (χ3n) is 2.89. The molecule has 0 saturated carbocycles. The molecule has 0 aromatic heterocycles. The fourth-order valence-electron chi connectivity index (χ4n) is 1.84. The molecule has 1 atom stereocenters. The summed E-state index contributed by atoms with van der Waals surface area (Å²) in [5.41, 5.74) is 2.57. The fraction of sp³-hybridized carbons (Fsp3) is 0.455. The Morgan fingerprint density at radius 2 is 2.31 bits per heavy atom. The molecule has 2 heteroatoms. The summed E-state index contributed by atoms with van der Waals surface area (Å²) < 4.78 is 0. The van der Waals surface area contributed by atoms with E-state index in [4.69, 9.17) is 0 Å². The normalized spacial score (nSPS) is 25.4. The molecular formula is C11H15NO. The predicted molar refractivity (Wildman–Crippen MR) is 54.1 cm³/mol. The molecule has 0 spiro atoms. The Kier molecular flexibility index (Phi) is 1.72. The Morgan fingerprint density at radius 3 is 3.00 bits per heavy atom. The largest absolute Gasteiger partial charge is 0.508 e. The van der Waals surface area contributed by atoms with Gasteiger partial charge >= 0.3 is 0 Å². The second kappa shape index (κ2) is 2.66. The van der Waals surface area contributed by atoms with Crippen molar-refractivity contribution in [2.75, 3.05) is 5.32 Å². The topological polar surface area (TPSA) is 32.3 Å². The molecule has 13 heavy (non-hydrogen) atoms. The quantitative estimate of drug-likeness (QED) is 0.691. The Labute approximate surface area is 78.6 Å². The molecule has 1 aliphatic heterocycles. The van der Waals surface area contributed by atoms with E-state index in [0.717, 1.165) is 18.5 Å². The summed E-state index contributed by atoms with van der Waals surface area (Å²) in [6, 6.07) is 5.55. The first-order chi connectivity index (χ1) is 6.13. The van der Waals surface area contributed by atoms with Gasteiger partial charge in [-0.25, -0.2) is 0 Å². The van der Waals surface area contributed by atoms with Crippen LogP contribution in [-0.2, 0) is 6.42 Å². The third kappa shape index (κ3) is 1.37. The predicted octanol–water partition coefficient (Wildman–Crippen LogP) is 2.53. The zero-order valence-corrected chi connectivity index (χ0v) is 8.09. The van der Waals surface area contributed by atoms with Gasteiger partial charge in [-0.3, -0.25) is 0 Å². The lowest BCUT2D eigenvalue weighted by atomic mass is 9.95. The minimum absolute atomic E-state index is 0.177. The maximum Gasteiger partial charge on any atom is 0.117 e. The van der Waals surface area contributed by atoms with E-state index >= 15 is 0 Å². The molecule has 70 valence electrons. The highest BCUT2D eigenvalue weighted by molar-refractivity contribution is 5.61. The molecule has 2 nitrogen and oxygen atoms in total. The molecule has 0 fully saturated rings. The van der Waals surface area contributed by atoms with Gasteiger partial charge in [-0.1, -0.05) is 13.0 Å². The monoisotopic (exact) mass is 177 g/mol. The molecule has 2 rings (SSSR count). The van der Waals surface area contributed by atoms with Crippen LogP contribution in [-0.4, -0.2) is 10.6 Å². The van der Waals surface area contributed by atoms with E-state index in [1.54, 1.807) is 12.1 Å². The maximum atomic E-state index is 9.30. The maximum absolute atomic E-state index is 9.30. The van der Waals surface area contributed by atoms with Gasteiger partial charge < -0.3 is 10.4 Å². The van der Waals surface area contributed by atoms with E-state index < -0.39 is 0 Å². The zero-order chi connectivity index (χ0) is 9.47. The van der Waals surface area contributed by atoms with Gasteiger partial charge in [0.2, 0.25) is 0 Å². The summed E-state index contributed by atoms with van der Waals surface area (Å²) in [6.07, 6.45) is 2.15. The molecule has 0 saturated heterocycles. The molecule has 1 aliphatic rings. The van der Waals surface area contributed by atoms with E-state index in [0.29, 0.717) is 5.75 Å². The Morgan fingerprint density at radius 1 is 1.54 bits per heavy atom. The summed E-state index contributed by atoms with van der Waals surface area (Å²) in [5, 5.41) is 12.7. The van der Waals surface area contributed by atoms with Gasteiger partial charge in [0, 0.05) is 17.3 Å². The number of hydrogen-bond donors (Lipinski definition) is 2. The number of aromatic hydroxyl groups is 1. The van der Waals surface area contributed by atoms with Crippen LogP contribution in [0.3, 0.4) is 0 Å². The van der Waals surface area contributed by atoms with E-state index in [1.165, 1.54) is 5.56 Å². The highest BCUT2D eigenvalue weighted by atomic mass is 16.3. The lowest BCUT2D eigenvalue weighted by Crippen LogP contribution is -2.30. The molecule has 0 aliphatic carbocycles. The van der Waals surface area contributed by atoms with Crippen molar-refractivity contribution in [2.24, 2.45) is 0 Å². The van der Waals surface area contributed by atoms with Crippen molar-refractivity contribution in [1.29, 1.82) is 0 Å². The summed E-state index contributed by atoms with van der Waals surface area (Å²) in [4.78, 5) is 0. The minimum atomic E-state index is 0.177. The average Bonchev–Trinajstić information content (AvgIpc) is 2.42. The van der Waals surface area contributed by atoms with Crippen LogP contribution < -0.4 is 5.32 Å². The van der Waals surface area contributed by atoms with Gasteiger partial charge in [0.25, 0.3) is 0 Å². The molecular weight excluding hydrogens is 162 g/mol. The first-order valence-electron chi connectivity index (χ1n) is 4.73. The number of nitrogens with one attached hydrogen (secondary N) is 1. The molecule has 2 N–H and O–H groups in total. The van der Waals surface area contributed by atoms with Crippen molar-refractivity contribution >= 4 is 5.69 Å². The van der Waals surface area contributed by atoms with E-state index in [1.807, 2.05) is 6.07 Å². The molecule has 0 bridgehead atoms. The number of benzene rings is 1. The van der Waals surface area contributed by atoms with Gasteiger partial charge in [0.15, 0.2) is 0 Å². The van der Waals surface area contributed by atoms with Crippen molar-refractivity contribution in [1.82, 2.24) is 0 Å². The molecule has 1 unspecified atom stereocenters. The van der Waals surface area contributed by atoms with Crippen LogP contribution in [0.4, 0.5) is 5.69 Å². The van der Waals surface area contributed by atoms with Crippen LogP contribution in [0.1, 0.15) is 25.8 Å². The van der Waals surface area contributed by atoms with Crippen molar-refractivity contribution in [3.05, 3.63) is 23.8 Å². The van der Waals surface area contributed by atoms with Gasteiger partial charge in [0.1, 0.15) is 5.75 Å². The Hall–Kier alpha value is -1.18. The lowest BCUT2D eigenvalue weighted by molar-refractivity contribution is 0.475. The number of rotatable bonds is 1. The average molecular weight is 177 g/mol. The highest BCUT2D eigenvalue weighted by Gasteiger charge is 2.30. The first kappa shape index (κ1) is 8.42. The van der Waals surface area contributed by atoms with E-state index in [9.17, 15) is 5.11 Å². The fourth-order valence-corrected chi connectivity index (χ4v) is 1.84. The molecule has 0 radical (unpaired) electrons. The summed E-state index contributed by atoms with van der Waals surface area (Å²) in [7, 11) is 0. The van der Waals surface area contributed by atoms with Gasteiger partial charge in [-0.2, -0.15) is 0 Å². The van der Waals surface area contributed by atoms with Crippen molar-refractivity contribution in [2.45, 2.75) is 32.2 Å². The summed E-state index contributed by atoms with van der Waals surface area (Å²) in [5.74, 6) is 0.339. The van der Waals surface area contributed by atoms with Gasteiger partial charge in [-0.15, -0.1) is 0 Å².